The number of nitrogens with one attached hydrogen (secondary N) is 1. The summed E-state index contributed by atoms with van der Waals surface area (Å²) in [4.78, 5) is 11.9. The number of carbonyl (C=O) groups is 1. The summed E-state index contributed by atoms with van der Waals surface area (Å²) in [5.41, 5.74) is 1.62. The van der Waals surface area contributed by atoms with Crippen LogP contribution < -0.4 is 5.32 Å². The summed E-state index contributed by atoms with van der Waals surface area (Å²) in [6.07, 6.45) is 0.632. The van der Waals surface area contributed by atoms with Crippen LogP contribution in [-0.2, 0) is 11.2 Å². The van der Waals surface area contributed by atoms with E-state index in [4.69, 9.17) is 4.42 Å². The molecule has 0 aliphatic heterocycles. The molecule has 134 valence electrons. The molecule has 1 unspecified atom stereocenters. The third kappa shape index (κ3) is 5.16. The molecule has 1 heterocycles. The summed E-state index contributed by atoms with van der Waals surface area (Å²) < 4.78 is 18.7. The van der Waals surface area contributed by atoms with Crippen molar-refractivity contribution in [3.8, 4) is 0 Å². The lowest BCUT2D eigenvalue weighted by molar-refractivity contribution is -0.113. The molecule has 3 rings (SSSR count). The predicted molar refractivity (Wildman–Crippen MR) is 98.6 cm³/mol. The van der Waals surface area contributed by atoms with Crippen LogP contribution in [0.3, 0.4) is 0 Å². The molecule has 1 N–H and O–H groups in total. The topological polar surface area (TPSA) is 68.0 Å². The van der Waals surface area contributed by atoms with Crippen molar-refractivity contribution in [2.24, 2.45) is 0 Å². The molecule has 0 bridgehead atoms. The number of carbonyl (C=O) groups excluding carboxylic acids is 1. The maximum atomic E-state index is 13.1. The van der Waals surface area contributed by atoms with E-state index in [1.54, 1.807) is 6.07 Å². The number of nitrogens with zero attached hydrogens (tertiary/aromatic N) is 2. The number of benzene rings is 2. The largest absolute Gasteiger partial charge is 0.416 e. The lowest BCUT2D eigenvalue weighted by atomic mass is 9.98. The van der Waals surface area contributed by atoms with Crippen molar-refractivity contribution in [1.29, 1.82) is 0 Å². The fraction of sp³-hybridized carbons (Fsp3) is 0.211. The van der Waals surface area contributed by atoms with Crippen LogP contribution >= 0.6 is 11.8 Å². The van der Waals surface area contributed by atoms with Gasteiger partial charge in [-0.05, 0) is 29.7 Å². The minimum atomic E-state index is -0.399. The van der Waals surface area contributed by atoms with Gasteiger partial charge < -0.3 is 9.73 Å². The van der Waals surface area contributed by atoms with Crippen molar-refractivity contribution in [3.63, 3.8) is 0 Å². The smallest absolute Gasteiger partial charge is 0.277 e. The zero-order valence-corrected chi connectivity index (χ0v) is 15.0. The highest BCUT2D eigenvalue weighted by Crippen LogP contribution is 2.22. The van der Waals surface area contributed by atoms with Gasteiger partial charge in [0.2, 0.25) is 11.8 Å². The Kier molecular flexibility index (Phi) is 6.01. The monoisotopic (exact) mass is 371 g/mol. The van der Waals surface area contributed by atoms with E-state index in [2.05, 4.69) is 34.6 Å². The number of aromatic nitrogens is 2. The lowest BCUT2D eigenvalue weighted by Gasteiger charge is -2.08. The second kappa shape index (κ2) is 8.62. The number of rotatable bonds is 7. The van der Waals surface area contributed by atoms with Gasteiger partial charge in [-0.3, -0.25) is 4.79 Å². The van der Waals surface area contributed by atoms with Crippen molar-refractivity contribution in [1.82, 2.24) is 10.2 Å². The molecule has 2 aromatic carbocycles. The first-order chi connectivity index (χ1) is 12.6. The summed E-state index contributed by atoms with van der Waals surface area (Å²) >= 11 is 1.15. The van der Waals surface area contributed by atoms with Crippen LogP contribution in [-0.4, -0.2) is 21.9 Å². The minimum absolute atomic E-state index is 0.104. The summed E-state index contributed by atoms with van der Waals surface area (Å²) in [7, 11) is 0. The number of halogens is 1. The normalized spacial score (nSPS) is 11.9. The van der Waals surface area contributed by atoms with Gasteiger partial charge >= 0.3 is 0 Å². The number of thioether (sulfide) groups is 1. The Balaban J connectivity index is 1.50. The second-order valence-corrected chi connectivity index (χ2v) is 6.75. The highest BCUT2D eigenvalue weighted by molar-refractivity contribution is 7.99. The minimum Gasteiger partial charge on any atom is -0.416 e. The van der Waals surface area contributed by atoms with Crippen LogP contribution in [0.25, 0.3) is 0 Å². The van der Waals surface area contributed by atoms with E-state index >= 15 is 0 Å². The van der Waals surface area contributed by atoms with E-state index in [9.17, 15) is 9.18 Å². The zero-order valence-electron chi connectivity index (χ0n) is 14.2. The number of amides is 1. The molecule has 0 aliphatic carbocycles. The molecule has 3 aromatic rings. The van der Waals surface area contributed by atoms with Crippen LogP contribution in [0.2, 0.25) is 0 Å². The van der Waals surface area contributed by atoms with Gasteiger partial charge in [-0.2, -0.15) is 0 Å². The van der Waals surface area contributed by atoms with Gasteiger partial charge in [-0.25, -0.2) is 4.39 Å². The molecule has 1 aromatic heterocycles. The molecule has 1 amide bonds. The third-order valence-electron chi connectivity index (χ3n) is 3.73. The fourth-order valence-corrected chi connectivity index (χ4v) is 3.01. The SMILES string of the molecule is CC(Cc1nnc(SCC(=O)Nc2cccc(F)c2)o1)c1ccccc1. The second-order valence-electron chi connectivity index (χ2n) is 5.82. The standard InChI is InChI=1S/C19H18FN3O2S/c1-13(14-6-3-2-4-7-14)10-18-22-23-19(25-18)26-12-17(24)21-16-9-5-8-15(20)11-16/h2-9,11,13H,10,12H2,1H3,(H,21,24). The summed E-state index contributed by atoms with van der Waals surface area (Å²) in [5.74, 6) is 0.231. The molecule has 1 atom stereocenters. The fourth-order valence-electron chi connectivity index (χ4n) is 2.43. The van der Waals surface area contributed by atoms with Gasteiger partial charge in [0.1, 0.15) is 5.82 Å². The Morgan fingerprint density at radius 2 is 2.00 bits per heavy atom. The average Bonchev–Trinajstić information content (AvgIpc) is 3.08. The highest BCUT2D eigenvalue weighted by Gasteiger charge is 2.14. The molecule has 0 saturated carbocycles. The Morgan fingerprint density at radius 1 is 1.19 bits per heavy atom. The van der Waals surface area contributed by atoms with Crippen LogP contribution in [0.4, 0.5) is 10.1 Å². The van der Waals surface area contributed by atoms with Gasteiger partial charge in [-0.1, -0.05) is 55.1 Å². The molecule has 0 aliphatic rings. The Bertz CT molecular complexity index is 870. The quantitative estimate of drug-likeness (QED) is 0.628. The van der Waals surface area contributed by atoms with Crippen LogP contribution in [0, 0.1) is 5.82 Å². The van der Waals surface area contributed by atoms with Crippen molar-refractivity contribution < 1.29 is 13.6 Å². The summed E-state index contributed by atoms with van der Waals surface area (Å²) in [5, 5.41) is 11.0. The molecule has 7 heteroatoms. The number of hydrogen-bond donors (Lipinski definition) is 1. The average molecular weight is 371 g/mol. The zero-order chi connectivity index (χ0) is 18.4. The highest BCUT2D eigenvalue weighted by atomic mass is 32.2. The van der Waals surface area contributed by atoms with E-state index in [1.165, 1.54) is 23.8 Å². The van der Waals surface area contributed by atoms with E-state index in [0.717, 1.165) is 11.8 Å². The van der Waals surface area contributed by atoms with Gasteiger partial charge in [0.05, 0.1) is 5.75 Å². The van der Waals surface area contributed by atoms with Crippen molar-refractivity contribution in [2.45, 2.75) is 24.5 Å². The van der Waals surface area contributed by atoms with E-state index in [0.29, 0.717) is 23.2 Å². The molecular formula is C19H18FN3O2S. The molecule has 0 radical (unpaired) electrons. The van der Waals surface area contributed by atoms with E-state index in [-0.39, 0.29) is 17.6 Å². The van der Waals surface area contributed by atoms with Gasteiger partial charge in [0.25, 0.3) is 5.22 Å². The van der Waals surface area contributed by atoms with Gasteiger partial charge in [-0.15, -0.1) is 10.2 Å². The maximum absolute atomic E-state index is 13.1. The van der Waals surface area contributed by atoms with E-state index < -0.39 is 5.82 Å². The molecule has 0 fully saturated rings. The maximum Gasteiger partial charge on any atom is 0.277 e. The van der Waals surface area contributed by atoms with Crippen molar-refractivity contribution >= 4 is 23.4 Å². The number of hydrogen-bond acceptors (Lipinski definition) is 5. The molecule has 5 nitrogen and oxygen atoms in total. The molecule has 0 saturated heterocycles. The summed E-state index contributed by atoms with van der Waals surface area (Å²) in [6, 6.07) is 15.8. The molecule has 0 spiro atoms. The van der Waals surface area contributed by atoms with Crippen LogP contribution in [0.15, 0.2) is 64.2 Å². The predicted octanol–water partition coefficient (Wildman–Crippen LogP) is 4.29. The van der Waals surface area contributed by atoms with Crippen molar-refractivity contribution in [3.05, 3.63) is 71.9 Å². The molecule has 26 heavy (non-hydrogen) atoms. The first kappa shape index (κ1) is 18.1. The van der Waals surface area contributed by atoms with E-state index in [1.807, 2.05) is 18.2 Å². The first-order valence-electron chi connectivity index (χ1n) is 8.15. The lowest BCUT2D eigenvalue weighted by Crippen LogP contribution is -2.14. The van der Waals surface area contributed by atoms with Crippen molar-refractivity contribution in [2.75, 3.05) is 11.1 Å². The molecular weight excluding hydrogens is 353 g/mol. The Morgan fingerprint density at radius 3 is 2.77 bits per heavy atom. The van der Waals surface area contributed by atoms with Crippen LogP contribution in [0.5, 0.6) is 0 Å². The third-order valence-corrected chi connectivity index (χ3v) is 4.55. The summed E-state index contributed by atoms with van der Waals surface area (Å²) in [6.45, 7) is 2.10. The number of anilines is 1. The Labute approximate surface area is 155 Å². The van der Waals surface area contributed by atoms with Gasteiger partial charge in [0, 0.05) is 12.1 Å². The van der Waals surface area contributed by atoms with Gasteiger partial charge in [0.15, 0.2) is 0 Å². The Hall–Kier alpha value is -2.67. The first-order valence-corrected chi connectivity index (χ1v) is 9.14. The van der Waals surface area contributed by atoms with Crippen LogP contribution in [0.1, 0.15) is 24.3 Å².